The first-order valence-corrected chi connectivity index (χ1v) is 4.55. The fourth-order valence-corrected chi connectivity index (χ4v) is 1.66. The van der Waals surface area contributed by atoms with Crippen molar-refractivity contribution >= 4 is 5.57 Å². The lowest BCUT2D eigenvalue weighted by molar-refractivity contribution is 1.22. The Bertz CT molecular complexity index is 366. The Labute approximate surface area is 78.5 Å². The summed E-state index contributed by atoms with van der Waals surface area (Å²) in [7, 11) is 0. The monoisotopic (exact) mass is 171 g/mol. The van der Waals surface area contributed by atoms with E-state index in [4.69, 9.17) is 0 Å². The van der Waals surface area contributed by atoms with Crippen molar-refractivity contribution in [2.75, 3.05) is 0 Å². The van der Waals surface area contributed by atoms with Gasteiger partial charge in [0.05, 0.1) is 0 Å². The molecule has 0 saturated carbocycles. The van der Waals surface area contributed by atoms with Crippen molar-refractivity contribution in [2.45, 2.75) is 12.8 Å². The summed E-state index contributed by atoms with van der Waals surface area (Å²) >= 11 is 0. The maximum Gasteiger partial charge on any atom is 0.0451 e. The molecule has 0 unspecified atom stereocenters. The van der Waals surface area contributed by atoms with Crippen molar-refractivity contribution in [1.82, 2.24) is 4.98 Å². The molecule has 0 atom stereocenters. The largest absolute Gasteiger partial charge is 0.361 e. The highest BCUT2D eigenvalue weighted by Crippen LogP contribution is 2.25. The molecule has 0 amide bonds. The molecule has 1 aliphatic rings. The maximum atomic E-state index is 3.75. The fourth-order valence-electron chi connectivity index (χ4n) is 1.66. The van der Waals surface area contributed by atoms with Gasteiger partial charge >= 0.3 is 0 Å². The van der Waals surface area contributed by atoms with Gasteiger partial charge in [-0.1, -0.05) is 24.3 Å². The van der Waals surface area contributed by atoms with Crippen LogP contribution in [0.25, 0.3) is 5.57 Å². The van der Waals surface area contributed by atoms with Gasteiger partial charge in [-0.3, -0.25) is 0 Å². The van der Waals surface area contributed by atoms with Gasteiger partial charge < -0.3 is 4.98 Å². The number of aromatic nitrogens is 1. The Kier molecular flexibility index (Phi) is 2.17. The number of hydrogen-bond donors (Lipinski definition) is 1. The second-order valence-electron chi connectivity index (χ2n) is 3.19. The first kappa shape index (κ1) is 8.11. The number of allylic oxidation sites excluding steroid dienone is 5. The Morgan fingerprint density at radius 3 is 3.15 bits per heavy atom. The smallest absolute Gasteiger partial charge is 0.0451 e. The summed E-state index contributed by atoms with van der Waals surface area (Å²) in [5.74, 6) is 0. The molecule has 0 saturated heterocycles. The number of rotatable bonds is 3. The number of H-pyrrole nitrogens is 1. The molecule has 2 rings (SSSR count). The van der Waals surface area contributed by atoms with E-state index in [0.29, 0.717) is 0 Å². The van der Waals surface area contributed by atoms with E-state index in [2.05, 4.69) is 35.9 Å². The van der Waals surface area contributed by atoms with Crippen LogP contribution < -0.4 is 0 Å². The van der Waals surface area contributed by atoms with Crippen molar-refractivity contribution in [1.29, 1.82) is 0 Å². The van der Waals surface area contributed by atoms with Crippen LogP contribution in [0.4, 0.5) is 0 Å². The van der Waals surface area contributed by atoms with E-state index in [1.807, 2.05) is 12.3 Å². The van der Waals surface area contributed by atoms with E-state index < -0.39 is 0 Å². The van der Waals surface area contributed by atoms with Crippen LogP contribution in [0.15, 0.2) is 43.1 Å². The average molecular weight is 171 g/mol. The van der Waals surface area contributed by atoms with E-state index in [1.165, 1.54) is 16.8 Å². The predicted octanol–water partition coefficient (Wildman–Crippen LogP) is 3.09. The molecule has 1 aromatic rings. The third kappa shape index (κ3) is 1.50. The molecule has 1 nitrogen and oxygen atoms in total. The van der Waals surface area contributed by atoms with Crippen molar-refractivity contribution in [3.05, 3.63) is 54.4 Å². The fraction of sp³-hybridized carbons (Fsp3) is 0.167. The normalized spacial score (nSPS) is 14.6. The lowest BCUT2D eigenvalue weighted by Crippen LogP contribution is -1.87. The van der Waals surface area contributed by atoms with Crippen molar-refractivity contribution in [3.63, 3.8) is 0 Å². The minimum Gasteiger partial charge on any atom is -0.361 e. The minimum absolute atomic E-state index is 0.941. The molecule has 0 aromatic carbocycles. The first-order chi connectivity index (χ1) is 6.42. The van der Waals surface area contributed by atoms with Gasteiger partial charge in [0.2, 0.25) is 0 Å². The van der Waals surface area contributed by atoms with Crippen molar-refractivity contribution < 1.29 is 0 Å². The van der Waals surface area contributed by atoms with E-state index >= 15 is 0 Å². The Hall–Kier alpha value is -1.50. The molecule has 13 heavy (non-hydrogen) atoms. The summed E-state index contributed by atoms with van der Waals surface area (Å²) in [6.45, 7) is 3.75. The second-order valence-corrected chi connectivity index (χ2v) is 3.19. The molecule has 0 fully saturated rings. The van der Waals surface area contributed by atoms with Crippen LogP contribution >= 0.6 is 0 Å². The molecule has 1 heterocycles. The van der Waals surface area contributed by atoms with E-state index in [0.717, 1.165) is 12.8 Å². The number of hydrogen-bond acceptors (Lipinski definition) is 0. The minimum atomic E-state index is 0.941. The molecule has 1 N–H and O–H groups in total. The van der Waals surface area contributed by atoms with Crippen molar-refractivity contribution in [3.8, 4) is 0 Å². The number of aromatic amines is 1. The molecule has 66 valence electrons. The summed E-state index contributed by atoms with van der Waals surface area (Å²) in [5, 5.41) is 0. The van der Waals surface area contributed by atoms with Crippen LogP contribution in [0.3, 0.4) is 0 Å². The van der Waals surface area contributed by atoms with Gasteiger partial charge in [-0.25, -0.2) is 0 Å². The molecule has 0 radical (unpaired) electrons. The van der Waals surface area contributed by atoms with E-state index in [1.54, 1.807) is 0 Å². The molecular formula is C12H13N. The summed E-state index contributed by atoms with van der Waals surface area (Å²) in [5.41, 5.74) is 3.98. The Morgan fingerprint density at radius 1 is 1.54 bits per heavy atom. The van der Waals surface area contributed by atoms with Crippen LogP contribution in [-0.4, -0.2) is 4.98 Å². The standard InChI is InChI=1S/C12H13N/c1-2-5-10-8-9-13-12(10)11-6-3-4-7-11/h2-4,6,8-9,13H,1,5,7H2. The lowest BCUT2D eigenvalue weighted by atomic mass is 10.1. The molecule has 0 bridgehead atoms. The molecule has 0 aliphatic heterocycles. The molecule has 0 spiro atoms. The lowest BCUT2D eigenvalue weighted by Gasteiger charge is -2.01. The highest BCUT2D eigenvalue weighted by atomic mass is 14.7. The third-order valence-corrected chi connectivity index (χ3v) is 2.29. The Morgan fingerprint density at radius 2 is 2.46 bits per heavy atom. The maximum absolute atomic E-state index is 3.75. The van der Waals surface area contributed by atoms with Crippen LogP contribution in [0.1, 0.15) is 17.7 Å². The molecule has 1 aromatic heterocycles. The van der Waals surface area contributed by atoms with Gasteiger partial charge in [-0.15, -0.1) is 6.58 Å². The van der Waals surface area contributed by atoms with E-state index in [9.17, 15) is 0 Å². The van der Waals surface area contributed by atoms with Crippen LogP contribution in [0.2, 0.25) is 0 Å². The average Bonchev–Trinajstić information content (AvgIpc) is 2.71. The van der Waals surface area contributed by atoms with Crippen LogP contribution in [-0.2, 0) is 6.42 Å². The summed E-state index contributed by atoms with van der Waals surface area (Å²) in [6.07, 6.45) is 12.4. The Balaban J connectivity index is 2.29. The van der Waals surface area contributed by atoms with Gasteiger partial charge in [-0.2, -0.15) is 0 Å². The van der Waals surface area contributed by atoms with Crippen molar-refractivity contribution in [2.24, 2.45) is 0 Å². The van der Waals surface area contributed by atoms with Gasteiger partial charge in [0, 0.05) is 11.9 Å². The highest BCUT2D eigenvalue weighted by molar-refractivity contribution is 5.70. The van der Waals surface area contributed by atoms with Crippen LogP contribution in [0.5, 0.6) is 0 Å². The molecule has 1 aliphatic carbocycles. The van der Waals surface area contributed by atoms with Gasteiger partial charge in [0.1, 0.15) is 0 Å². The van der Waals surface area contributed by atoms with Gasteiger partial charge in [0.25, 0.3) is 0 Å². The zero-order chi connectivity index (χ0) is 9.10. The highest BCUT2D eigenvalue weighted by Gasteiger charge is 2.08. The second kappa shape index (κ2) is 3.48. The quantitative estimate of drug-likeness (QED) is 0.673. The van der Waals surface area contributed by atoms with Crippen LogP contribution in [0, 0.1) is 0 Å². The van der Waals surface area contributed by atoms with Gasteiger partial charge in [0.15, 0.2) is 0 Å². The zero-order valence-electron chi connectivity index (χ0n) is 7.59. The van der Waals surface area contributed by atoms with E-state index in [-0.39, 0.29) is 0 Å². The molecular weight excluding hydrogens is 158 g/mol. The van der Waals surface area contributed by atoms with Gasteiger partial charge in [-0.05, 0) is 30.0 Å². The summed E-state index contributed by atoms with van der Waals surface area (Å²) in [4.78, 5) is 3.28. The summed E-state index contributed by atoms with van der Waals surface area (Å²) in [6, 6.07) is 2.12. The topological polar surface area (TPSA) is 15.8 Å². The molecule has 1 heteroatoms. The summed E-state index contributed by atoms with van der Waals surface area (Å²) < 4.78 is 0. The first-order valence-electron chi connectivity index (χ1n) is 4.55. The third-order valence-electron chi connectivity index (χ3n) is 2.29. The predicted molar refractivity (Wildman–Crippen MR) is 56.4 cm³/mol. The zero-order valence-corrected chi connectivity index (χ0v) is 7.59. The number of nitrogens with one attached hydrogen (secondary N) is 1. The SMILES string of the molecule is C=CCc1cc[nH]c1C1=CC=CC1.